The van der Waals surface area contributed by atoms with E-state index in [9.17, 15) is 14.4 Å². The van der Waals surface area contributed by atoms with Crippen molar-refractivity contribution in [3.63, 3.8) is 0 Å². The molecule has 0 N–H and O–H groups in total. The van der Waals surface area contributed by atoms with Crippen LogP contribution in [0, 0.1) is 19.8 Å². The molecule has 2 aliphatic rings. The van der Waals surface area contributed by atoms with Gasteiger partial charge in [0.2, 0.25) is 0 Å². The van der Waals surface area contributed by atoms with Gasteiger partial charge in [0.05, 0.1) is 44.7 Å². The van der Waals surface area contributed by atoms with Gasteiger partial charge in [0.15, 0.2) is 6.61 Å². The molecule has 2 aromatic carbocycles. The SMILES string of the molecule is COC(=O)C[C@H](CN1CC[C@@H](CCc2ccc3c(n2)N(C(=O)COc2ccccc2)CCC3)C1)c1cc(OCCOCCOCC(=O)OC(C)(C)C)cc(-n2nc(C)cc2C)c1. The van der Waals surface area contributed by atoms with Gasteiger partial charge in [0.25, 0.3) is 5.91 Å². The van der Waals surface area contributed by atoms with Crippen molar-refractivity contribution in [2.24, 2.45) is 5.92 Å². The summed E-state index contributed by atoms with van der Waals surface area (Å²) in [7, 11) is 1.43. The fourth-order valence-electron chi connectivity index (χ4n) is 8.05. The van der Waals surface area contributed by atoms with Gasteiger partial charge < -0.3 is 33.3 Å². The van der Waals surface area contributed by atoms with E-state index in [1.807, 2.05) is 87.8 Å². The second kappa shape index (κ2) is 22.2. The van der Waals surface area contributed by atoms with Gasteiger partial charge in [-0.2, -0.15) is 5.10 Å². The topological polar surface area (TPSA) is 144 Å². The van der Waals surface area contributed by atoms with Crippen LogP contribution in [0.15, 0.2) is 66.7 Å². The average molecular weight is 854 g/mol. The molecule has 0 saturated carbocycles. The number of carbonyl (C=O) groups excluding carboxylic acids is 3. The van der Waals surface area contributed by atoms with Crippen LogP contribution >= 0.6 is 0 Å². The van der Waals surface area contributed by atoms with E-state index in [1.54, 1.807) is 4.90 Å². The first-order valence-corrected chi connectivity index (χ1v) is 21.8. The number of hydrogen-bond acceptors (Lipinski definition) is 12. The lowest BCUT2D eigenvalue weighted by atomic mass is 9.94. The summed E-state index contributed by atoms with van der Waals surface area (Å²) in [5, 5.41) is 4.74. The Morgan fingerprint density at radius 2 is 1.65 bits per heavy atom. The van der Waals surface area contributed by atoms with Gasteiger partial charge in [0, 0.05) is 43.0 Å². The fourth-order valence-corrected chi connectivity index (χ4v) is 8.05. The zero-order chi connectivity index (χ0) is 44.1. The highest BCUT2D eigenvalue weighted by Crippen LogP contribution is 2.32. The summed E-state index contributed by atoms with van der Waals surface area (Å²) in [6.07, 6.45) is 4.84. The quantitative estimate of drug-likeness (QED) is 0.0659. The van der Waals surface area contributed by atoms with Crippen LogP contribution < -0.4 is 14.4 Å². The fraction of sp³-hybridized carbons (Fsp3) is 0.521. The molecule has 334 valence electrons. The predicted molar refractivity (Wildman–Crippen MR) is 235 cm³/mol. The van der Waals surface area contributed by atoms with Gasteiger partial charge in [-0.3, -0.25) is 14.5 Å². The number of anilines is 1. The maximum absolute atomic E-state index is 13.3. The summed E-state index contributed by atoms with van der Waals surface area (Å²) < 4.78 is 35.5. The van der Waals surface area contributed by atoms with Crippen LogP contribution in [-0.4, -0.2) is 116 Å². The number of hydrogen-bond donors (Lipinski definition) is 0. The van der Waals surface area contributed by atoms with Crippen molar-refractivity contribution in [1.82, 2.24) is 19.7 Å². The lowest BCUT2D eigenvalue weighted by Gasteiger charge is -2.28. The number of fused-ring (bicyclic) bond motifs is 1. The third kappa shape index (κ3) is 13.8. The minimum absolute atomic E-state index is 0.0302. The number of aromatic nitrogens is 3. The van der Waals surface area contributed by atoms with Gasteiger partial charge in [-0.1, -0.05) is 24.3 Å². The van der Waals surface area contributed by atoms with E-state index >= 15 is 0 Å². The van der Waals surface area contributed by atoms with Crippen molar-refractivity contribution in [3.05, 3.63) is 94.9 Å². The summed E-state index contributed by atoms with van der Waals surface area (Å²) >= 11 is 0. The van der Waals surface area contributed by atoms with Crippen molar-refractivity contribution in [1.29, 1.82) is 0 Å². The number of aryl methyl sites for hydroxylation is 4. The van der Waals surface area contributed by atoms with Gasteiger partial charge in [-0.25, -0.2) is 14.5 Å². The van der Waals surface area contributed by atoms with E-state index in [1.165, 1.54) is 7.11 Å². The van der Waals surface area contributed by atoms with E-state index < -0.39 is 11.6 Å². The molecular formula is C48H63N5O9. The zero-order valence-electron chi connectivity index (χ0n) is 37.2. The zero-order valence-corrected chi connectivity index (χ0v) is 37.2. The van der Waals surface area contributed by atoms with Crippen molar-refractivity contribution < 1.29 is 42.8 Å². The largest absolute Gasteiger partial charge is 0.491 e. The van der Waals surface area contributed by atoms with Crippen molar-refractivity contribution in [2.45, 2.75) is 84.7 Å². The van der Waals surface area contributed by atoms with Crippen LogP contribution in [0.4, 0.5) is 5.82 Å². The molecule has 0 radical (unpaired) electrons. The van der Waals surface area contributed by atoms with E-state index in [0.29, 0.717) is 43.7 Å². The molecule has 0 spiro atoms. The molecule has 6 rings (SSSR count). The molecule has 0 unspecified atom stereocenters. The number of ether oxygens (including phenoxy) is 6. The number of amides is 1. The molecule has 4 aromatic rings. The summed E-state index contributed by atoms with van der Waals surface area (Å²) in [4.78, 5) is 47.3. The molecular weight excluding hydrogens is 791 g/mol. The Hall–Kier alpha value is -5.31. The van der Waals surface area contributed by atoms with Crippen LogP contribution in [0.5, 0.6) is 11.5 Å². The number of pyridine rings is 1. The minimum Gasteiger partial charge on any atom is -0.491 e. The number of likely N-dealkylation sites (tertiary alicyclic amines) is 1. The molecule has 2 aliphatic heterocycles. The highest BCUT2D eigenvalue weighted by Gasteiger charge is 2.29. The van der Waals surface area contributed by atoms with Crippen LogP contribution in [0.3, 0.4) is 0 Å². The molecule has 62 heavy (non-hydrogen) atoms. The molecule has 4 heterocycles. The Balaban J connectivity index is 1.06. The van der Waals surface area contributed by atoms with E-state index in [2.05, 4.69) is 23.1 Å². The van der Waals surface area contributed by atoms with E-state index in [-0.39, 0.29) is 50.6 Å². The molecule has 14 nitrogen and oxygen atoms in total. The first-order valence-electron chi connectivity index (χ1n) is 21.8. The number of carbonyl (C=O) groups is 3. The molecule has 1 saturated heterocycles. The van der Waals surface area contributed by atoms with Crippen LogP contribution in [0.25, 0.3) is 5.69 Å². The highest BCUT2D eigenvalue weighted by atomic mass is 16.6. The maximum Gasteiger partial charge on any atom is 0.332 e. The van der Waals surface area contributed by atoms with Gasteiger partial charge >= 0.3 is 11.9 Å². The minimum atomic E-state index is -0.561. The number of methoxy groups -OCH3 is 1. The van der Waals surface area contributed by atoms with Crippen molar-refractivity contribution in [2.75, 3.05) is 77.8 Å². The molecule has 0 aliphatic carbocycles. The van der Waals surface area contributed by atoms with E-state index in [0.717, 1.165) is 84.9 Å². The molecule has 1 fully saturated rings. The smallest absolute Gasteiger partial charge is 0.332 e. The Bertz CT molecular complexity index is 2100. The van der Waals surface area contributed by atoms with Crippen molar-refractivity contribution in [3.8, 4) is 17.2 Å². The number of benzene rings is 2. The molecule has 2 atom stereocenters. The lowest BCUT2D eigenvalue weighted by Crippen LogP contribution is -2.39. The monoisotopic (exact) mass is 853 g/mol. The standard InChI is InChI=1S/C48H63N5O9/c1-34-25-35(2)53(50-34)41-26-38(27-43(29-41)60-24-23-58-21-22-59-33-46(56)62-48(3,4)5)39(28-45(55)57-6)31-51-20-18-36(30-51)14-16-40-17-15-37-11-10-19-52(47(37)49-40)44(54)32-61-42-12-8-7-9-13-42/h7-9,12-13,15,17,25-27,29,36,39H,10-11,14,16,18-24,28,30-33H2,1-6H3/t36-,39-/m1/s1. The first-order chi connectivity index (χ1) is 29.8. The van der Waals surface area contributed by atoms with E-state index in [4.69, 9.17) is 38.5 Å². The number of esters is 2. The van der Waals surface area contributed by atoms with Crippen molar-refractivity contribution >= 4 is 23.7 Å². The predicted octanol–water partition coefficient (Wildman–Crippen LogP) is 6.60. The molecule has 14 heteroatoms. The number of nitrogens with zero attached hydrogens (tertiary/aromatic N) is 5. The summed E-state index contributed by atoms with van der Waals surface area (Å²) in [6.45, 7) is 13.5. The third-order valence-corrected chi connectivity index (χ3v) is 10.9. The Morgan fingerprint density at radius 3 is 2.40 bits per heavy atom. The number of rotatable bonds is 21. The molecule has 0 bridgehead atoms. The maximum atomic E-state index is 13.3. The van der Waals surface area contributed by atoms with Crippen LogP contribution in [0.2, 0.25) is 0 Å². The van der Waals surface area contributed by atoms with Gasteiger partial charge in [-0.15, -0.1) is 0 Å². The van der Waals surface area contributed by atoms with Crippen LogP contribution in [0.1, 0.15) is 80.6 Å². The van der Waals surface area contributed by atoms with Gasteiger partial charge in [0.1, 0.15) is 36.1 Å². The first kappa shape index (κ1) is 46.2. The highest BCUT2D eigenvalue weighted by molar-refractivity contribution is 5.94. The Labute approximate surface area is 365 Å². The third-order valence-electron chi connectivity index (χ3n) is 10.9. The van der Waals surface area contributed by atoms with Crippen LogP contribution in [-0.2, 0) is 46.2 Å². The summed E-state index contributed by atoms with van der Waals surface area (Å²) in [5.74, 6) is 1.61. The molecule has 1 amide bonds. The average Bonchev–Trinajstić information content (AvgIpc) is 3.85. The summed E-state index contributed by atoms with van der Waals surface area (Å²) in [5.41, 5.74) is 5.21. The second-order valence-corrected chi connectivity index (χ2v) is 17.2. The Kier molecular flexibility index (Phi) is 16.5. The second-order valence-electron chi connectivity index (χ2n) is 17.2. The number of para-hydroxylation sites is 1. The summed E-state index contributed by atoms with van der Waals surface area (Å²) in [6, 6.07) is 21.7. The Morgan fingerprint density at radius 1 is 0.855 bits per heavy atom. The lowest BCUT2D eigenvalue weighted by molar-refractivity contribution is -0.160. The van der Waals surface area contributed by atoms with Gasteiger partial charge in [-0.05, 0) is 127 Å². The normalized spacial score (nSPS) is 15.8. The molecule has 2 aromatic heterocycles.